The number of H-pyrrole nitrogens is 1. The number of nitrogens with two attached hydrogens (primary N) is 1. The van der Waals surface area contributed by atoms with Gasteiger partial charge in [-0.1, -0.05) is 0 Å². The highest BCUT2D eigenvalue weighted by Crippen LogP contribution is 2.11. The Hall–Kier alpha value is -2.68. The lowest BCUT2D eigenvalue weighted by Crippen LogP contribution is -2.46. The number of imidazole rings is 2. The van der Waals surface area contributed by atoms with Crippen molar-refractivity contribution in [3.8, 4) is 0 Å². The average molecular weight is 304 g/mol. The fraction of sp³-hybridized carbons (Fsp3) is 0.167. The number of thiazole rings is 1. The van der Waals surface area contributed by atoms with Crippen LogP contribution in [0, 0.1) is 0 Å². The summed E-state index contributed by atoms with van der Waals surface area (Å²) in [6.07, 6.45) is 6.74. The molecule has 0 aliphatic heterocycles. The number of primary amides is 1. The monoisotopic (exact) mass is 304 g/mol. The van der Waals surface area contributed by atoms with Gasteiger partial charge in [-0.2, -0.15) is 0 Å². The van der Waals surface area contributed by atoms with Crippen LogP contribution in [0.5, 0.6) is 0 Å². The number of carbonyl (C=O) groups excluding carboxylic acids is 2. The summed E-state index contributed by atoms with van der Waals surface area (Å²) >= 11 is 1.42. The normalized spacial score (nSPS) is 12.4. The van der Waals surface area contributed by atoms with Crippen LogP contribution in [0.1, 0.15) is 16.2 Å². The molecular weight excluding hydrogens is 292 g/mol. The minimum absolute atomic E-state index is 0.248. The van der Waals surface area contributed by atoms with E-state index in [-0.39, 0.29) is 12.1 Å². The van der Waals surface area contributed by atoms with Gasteiger partial charge in [0.15, 0.2) is 4.96 Å². The van der Waals surface area contributed by atoms with Gasteiger partial charge in [0.1, 0.15) is 11.7 Å². The van der Waals surface area contributed by atoms with Crippen molar-refractivity contribution in [3.63, 3.8) is 0 Å². The number of rotatable bonds is 5. The van der Waals surface area contributed by atoms with Crippen molar-refractivity contribution in [1.82, 2.24) is 24.7 Å². The van der Waals surface area contributed by atoms with Crippen LogP contribution >= 0.6 is 11.3 Å². The Morgan fingerprint density at radius 1 is 1.52 bits per heavy atom. The molecule has 21 heavy (non-hydrogen) atoms. The molecule has 108 valence electrons. The number of nitrogens with one attached hydrogen (secondary N) is 2. The van der Waals surface area contributed by atoms with Crippen molar-refractivity contribution in [3.05, 3.63) is 41.7 Å². The number of hydrogen-bond acceptors (Lipinski definition) is 5. The molecule has 3 aromatic rings. The summed E-state index contributed by atoms with van der Waals surface area (Å²) in [5.41, 5.74) is 6.28. The molecule has 8 nitrogen and oxygen atoms in total. The summed E-state index contributed by atoms with van der Waals surface area (Å²) in [6, 6.07) is -0.822. The summed E-state index contributed by atoms with van der Waals surface area (Å²) in [6.45, 7) is 0. The average Bonchev–Trinajstić information content (AvgIpc) is 3.13. The van der Waals surface area contributed by atoms with Crippen LogP contribution in [-0.2, 0) is 11.2 Å². The van der Waals surface area contributed by atoms with Crippen molar-refractivity contribution in [2.45, 2.75) is 12.5 Å². The number of nitrogens with zero attached hydrogens (tertiary/aromatic N) is 3. The first-order valence-electron chi connectivity index (χ1n) is 6.13. The van der Waals surface area contributed by atoms with E-state index in [0.717, 1.165) is 0 Å². The second-order valence-corrected chi connectivity index (χ2v) is 5.30. The number of fused-ring (bicyclic) bond motifs is 1. The molecule has 0 bridgehead atoms. The standard InChI is InChI=1S/C12H12N6O2S/c13-10(19)8(3-7-4-14-6-15-7)16-11(20)9-5-18-1-2-21-12(18)17-9/h1-2,4-6,8H,3H2,(H2,13,19)(H,14,15)(H,16,20)/t8-/m0/s1. The predicted molar refractivity (Wildman–Crippen MR) is 75.8 cm³/mol. The molecule has 0 saturated carbocycles. The smallest absolute Gasteiger partial charge is 0.272 e. The molecule has 0 radical (unpaired) electrons. The van der Waals surface area contributed by atoms with Crippen LogP contribution in [-0.4, -0.2) is 37.2 Å². The third kappa shape index (κ3) is 2.77. The lowest BCUT2D eigenvalue weighted by Gasteiger charge is -2.13. The van der Waals surface area contributed by atoms with Crippen LogP contribution in [0.3, 0.4) is 0 Å². The molecule has 0 spiro atoms. The Labute approximate surface area is 123 Å². The van der Waals surface area contributed by atoms with Gasteiger partial charge in [-0.3, -0.25) is 14.0 Å². The second kappa shape index (κ2) is 5.37. The van der Waals surface area contributed by atoms with Crippen LogP contribution in [0.25, 0.3) is 4.96 Å². The molecule has 3 rings (SSSR count). The molecular formula is C12H12N6O2S. The molecule has 0 aliphatic carbocycles. The maximum Gasteiger partial charge on any atom is 0.272 e. The summed E-state index contributed by atoms with van der Waals surface area (Å²) in [5, 5.41) is 4.46. The first-order valence-corrected chi connectivity index (χ1v) is 7.01. The van der Waals surface area contributed by atoms with Gasteiger partial charge >= 0.3 is 0 Å². The number of hydrogen-bond donors (Lipinski definition) is 3. The first kappa shape index (κ1) is 13.3. The van der Waals surface area contributed by atoms with Crippen LogP contribution < -0.4 is 11.1 Å². The van der Waals surface area contributed by atoms with E-state index in [4.69, 9.17) is 5.73 Å². The van der Waals surface area contributed by atoms with E-state index in [2.05, 4.69) is 20.3 Å². The Bertz CT molecular complexity index is 746. The molecule has 3 aromatic heterocycles. The van der Waals surface area contributed by atoms with Gasteiger partial charge in [-0.05, 0) is 0 Å². The third-order valence-electron chi connectivity index (χ3n) is 2.95. The topological polar surface area (TPSA) is 118 Å². The maximum absolute atomic E-state index is 12.1. The number of carbonyl (C=O) groups is 2. The van der Waals surface area contributed by atoms with Crippen molar-refractivity contribution in [2.75, 3.05) is 0 Å². The molecule has 1 atom stereocenters. The highest BCUT2D eigenvalue weighted by molar-refractivity contribution is 7.15. The highest BCUT2D eigenvalue weighted by atomic mass is 32.1. The van der Waals surface area contributed by atoms with Crippen molar-refractivity contribution in [2.24, 2.45) is 5.73 Å². The molecule has 0 aliphatic rings. The zero-order valence-electron chi connectivity index (χ0n) is 10.8. The van der Waals surface area contributed by atoms with E-state index in [1.54, 1.807) is 23.0 Å². The summed E-state index contributed by atoms with van der Waals surface area (Å²) in [7, 11) is 0. The van der Waals surface area contributed by atoms with Crippen molar-refractivity contribution < 1.29 is 9.59 Å². The molecule has 0 saturated heterocycles. The van der Waals surface area contributed by atoms with Gasteiger partial charge in [0, 0.05) is 36.1 Å². The van der Waals surface area contributed by atoms with Gasteiger partial charge in [0.05, 0.1) is 6.33 Å². The molecule has 4 N–H and O–H groups in total. The third-order valence-corrected chi connectivity index (χ3v) is 3.72. The lowest BCUT2D eigenvalue weighted by molar-refractivity contribution is -0.119. The fourth-order valence-corrected chi connectivity index (χ4v) is 2.61. The minimum Gasteiger partial charge on any atom is -0.368 e. The number of amides is 2. The molecule has 0 fully saturated rings. The first-order chi connectivity index (χ1) is 10.1. The Kier molecular flexibility index (Phi) is 3.40. The lowest BCUT2D eigenvalue weighted by atomic mass is 10.1. The predicted octanol–water partition coefficient (Wildman–Crippen LogP) is -0.0547. The molecule has 2 amide bonds. The molecule has 0 aromatic carbocycles. The van der Waals surface area contributed by atoms with E-state index >= 15 is 0 Å². The fourth-order valence-electron chi connectivity index (χ4n) is 1.91. The van der Waals surface area contributed by atoms with E-state index in [1.165, 1.54) is 17.7 Å². The van der Waals surface area contributed by atoms with Gasteiger partial charge in [0.2, 0.25) is 5.91 Å². The number of aromatic amines is 1. The van der Waals surface area contributed by atoms with Gasteiger partial charge in [-0.25, -0.2) is 9.97 Å². The van der Waals surface area contributed by atoms with E-state index < -0.39 is 17.9 Å². The second-order valence-electron chi connectivity index (χ2n) is 4.43. The van der Waals surface area contributed by atoms with Crippen molar-refractivity contribution in [1.29, 1.82) is 0 Å². The van der Waals surface area contributed by atoms with Crippen molar-refractivity contribution >= 4 is 28.1 Å². The largest absolute Gasteiger partial charge is 0.368 e. The molecule has 3 heterocycles. The quantitative estimate of drug-likeness (QED) is 0.612. The highest BCUT2D eigenvalue weighted by Gasteiger charge is 2.21. The van der Waals surface area contributed by atoms with Gasteiger partial charge in [-0.15, -0.1) is 11.3 Å². The molecule has 0 unspecified atom stereocenters. The summed E-state index contributed by atoms with van der Waals surface area (Å²) < 4.78 is 1.74. The zero-order valence-corrected chi connectivity index (χ0v) is 11.6. The van der Waals surface area contributed by atoms with E-state index in [0.29, 0.717) is 10.7 Å². The van der Waals surface area contributed by atoms with Crippen LogP contribution in [0.2, 0.25) is 0 Å². The Morgan fingerprint density at radius 2 is 2.38 bits per heavy atom. The Balaban J connectivity index is 1.74. The number of aromatic nitrogens is 4. The summed E-state index contributed by atoms with van der Waals surface area (Å²) in [5.74, 6) is -1.05. The van der Waals surface area contributed by atoms with Crippen LogP contribution in [0.4, 0.5) is 0 Å². The zero-order chi connectivity index (χ0) is 14.8. The molecule has 9 heteroatoms. The van der Waals surface area contributed by atoms with Gasteiger partial charge in [0.25, 0.3) is 5.91 Å². The summed E-state index contributed by atoms with van der Waals surface area (Å²) in [4.78, 5) is 35.2. The maximum atomic E-state index is 12.1. The SMILES string of the molecule is NC(=O)[C@H](Cc1cnc[nH]1)NC(=O)c1cn2ccsc2n1. The van der Waals surface area contributed by atoms with E-state index in [1.807, 2.05) is 5.38 Å². The Morgan fingerprint density at radius 3 is 3.05 bits per heavy atom. The van der Waals surface area contributed by atoms with E-state index in [9.17, 15) is 9.59 Å². The minimum atomic E-state index is -0.822. The van der Waals surface area contributed by atoms with Crippen LogP contribution in [0.15, 0.2) is 30.3 Å². The van der Waals surface area contributed by atoms with Gasteiger partial charge < -0.3 is 16.0 Å².